The molecule has 0 radical (unpaired) electrons. The van der Waals surface area contributed by atoms with Crippen LogP contribution in [0.25, 0.3) is 11.0 Å². The molecule has 2 heterocycles. The predicted octanol–water partition coefficient (Wildman–Crippen LogP) is 2.38. The monoisotopic (exact) mass is 367 g/mol. The normalized spacial score (nSPS) is 15.3. The standard InChI is InChI=1S/C20H25N5O2/c1-27-13-7-10-22-20(26)15(14-21)18-19(25-11-5-2-6-12-25)24-17-9-4-3-8-16(17)23-18/h3-4,8-9,15H,2,5-7,10-13H2,1H3,(H,22,26). The van der Waals surface area contributed by atoms with Gasteiger partial charge in [0.25, 0.3) is 0 Å². The number of para-hydroxylation sites is 2. The molecule has 1 amide bonds. The Morgan fingerprint density at radius 1 is 1.26 bits per heavy atom. The van der Waals surface area contributed by atoms with Gasteiger partial charge >= 0.3 is 0 Å². The van der Waals surface area contributed by atoms with Gasteiger partial charge in [-0.3, -0.25) is 4.79 Å². The topological polar surface area (TPSA) is 91.1 Å². The fourth-order valence-corrected chi connectivity index (χ4v) is 3.31. The number of benzene rings is 1. The Bertz CT molecular complexity index is 827. The Hall–Kier alpha value is -2.72. The molecule has 1 fully saturated rings. The summed E-state index contributed by atoms with van der Waals surface area (Å²) in [7, 11) is 1.62. The second kappa shape index (κ2) is 9.28. The van der Waals surface area contributed by atoms with Gasteiger partial charge in [0, 0.05) is 33.4 Å². The van der Waals surface area contributed by atoms with Crippen LogP contribution in [0.5, 0.6) is 0 Å². The van der Waals surface area contributed by atoms with Gasteiger partial charge in [-0.05, 0) is 37.8 Å². The number of ether oxygens (including phenoxy) is 1. The van der Waals surface area contributed by atoms with Crippen LogP contribution in [0.4, 0.5) is 5.82 Å². The predicted molar refractivity (Wildman–Crippen MR) is 103 cm³/mol. The molecular formula is C20H25N5O2. The number of amides is 1. The first-order valence-corrected chi connectivity index (χ1v) is 9.42. The van der Waals surface area contributed by atoms with E-state index in [0.717, 1.165) is 31.4 Å². The lowest BCUT2D eigenvalue weighted by Gasteiger charge is -2.29. The SMILES string of the molecule is COCCCNC(=O)C(C#N)c1nc2ccccc2nc1N1CCCCC1. The maximum Gasteiger partial charge on any atom is 0.243 e. The summed E-state index contributed by atoms with van der Waals surface area (Å²) in [5.41, 5.74) is 1.92. The van der Waals surface area contributed by atoms with Crippen molar-refractivity contribution in [2.45, 2.75) is 31.6 Å². The number of methoxy groups -OCH3 is 1. The van der Waals surface area contributed by atoms with Crippen molar-refractivity contribution in [3.05, 3.63) is 30.0 Å². The number of carbonyl (C=O) groups is 1. The zero-order valence-electron chi connectivity index (χ0n) is 15.6. The van der Waals surface area contributed by atoms with Crippen LogP contribution in [0.1, 0.15) is 37.3 Å². The van der Waals surface area contributed by atoms with Gasteiger partial charge in [0.15, 0.2) is 11.7 Å². The van der Waals surface area contributed by atoms with Gasteiger partial charge in [0.1, 0.15) is 5.69 Å². The second-order valence-corrected chi connectivity index (χ2v) is 6.67. The fourth-order valence-electron chi connectivity index (χ4n) is 3.31. The van der Waals surface area contributed by atoms with Crippen LogP contribution in [-0.4, -0.2) is 49.2 Å². The van der Waals surface area contributed by atoms with E-state index in [4.69, 9.17) is 9.72 Å². The molecule has 0 aliphatic carbocycles. The van der Waals surface area contributed by atoms with Crippen LogP contribution in [0.15, 0.2) is 24.3 Å². The molecule has 1 aliphatic rings. The Morgan fingerprint density at radius 3 is 2.63 bits per heavy atom. The van der Waals surface area contributed by atoms with Crippen molar-refractivity contribution in [1.82, 2.24) is 15.3 Å². The molecule has 142 valence electrons. The van der Waals surface area contributed by atoms with Gasteiger partial charge in [0.05, 0.1) is 17.1 Å². The van der Waals surface area contributed by atoms with Crippen LogP contribution in [0.3, 0.4) is 0 Å². The minimum Gasteiger partial charge on any atom is -0.385 e. The van der Waals surface area contributed by atoms with E-state index in [2.05, 4.69) is 21.3 Å². The Morgan fingerprint density at radius 2 is 1.96 bits per heavy atom. The van der Waals surface area contributed by atoms with Crippen LogP contribution >= 0.6 is 0 Å². The highest BCUT2D eigenvalue weighted by Crippen LogP contribution is 2.29. The molecule has 7 heteroatoms. The van der Waals surface area contributed by atoms with E-state index in [1.807, 2.05) is 24.3 Å². The molecule has 0 saturated carbocycles. The van der Waals surface area contributed by atoms with Crippen LogP contribution in [0.2, 0.25) is 0 Å². The van der Waals surface area contributed by atoms with Crippen LogP contribution in [0, 0.1) is 11.3 Å². The molecule has 1 saturated heterocycles. The summed E-state index contributed by atoms with van der Waals surface area (Å²) in [6.45, 7) is 2.76. The average molecular weight is 367 g/mol. The molecule has 1 atom stereocenters. The van der Waals surface area contributed by atoms with E-state index in [1.165, 1.54) is 6.42 Å². The van der Waals surface area contributed by atoms with E-state index < -0.39 is 5.92 Å². The first kappa shape index (κ1) is 19.1. The molecule has 0 spiro atoms. The fraction of sp³-hybridized carbons (Fsp3) is 0.500. The second-order valence-electron chi connectivity index (χ2n) is 6.67. The van der Waals surface area contributed by atoms with Gasteiger partial charge in [0.2, 0.25) is 5.91 Å². The first-order valence-electron chi connectivity index (χ1n) is 9.42. The van der Waals surface area contributed by atoms with Gasteiger partial charge in [-0.25, -0.2) is 9.97 Å². The molecule has 1 aliphatic heterocycles. The molecule has 1 N–H and O–H groups in total. The van der Waals surface area contributed by atoms with Crippen molar-refractivity contribution in [1.29, 1.82) is 5.26 Å². The van der Waals surface area contributed by atoms with E-state index in [0.29, 0.717) is 36.6 Å². The van der Waals surface area contributed by atoms with Gasteiger partial charge < -0.3 is 15.0 Å². The lowest BCUT2D eigenvalue weighted by atomic mass is 10.0. The number of nitriles is 1. The maximum absolute atomic E-state index is 12.6. The molecule has 1 aromatic heterocycles. The largest absolute Gasteiger partial charge is 0.385 e. The smallest absolute Gasteiger partial charge is 0.243 e. The molecule has 27 heavy (non-hydrogen) atoms. The van der Waals surface area contributed by atoms with Gasteiger partial charge in [-0.2, -0.15) is 5.26 Å². The zero-order chi connectivity index (χ0) is 19.1. The average Bonchev–Trinajstić information content (AvgIpc) is 2.72. The van der Waals surface area contributed by atoms with Crippen LogP contribution < -0.4 is 10.2 Å². The highest BCUT2D eigenvalue weighted by molar-refractivity contribution is 5.88. The highest BCUT2D eigenvalue weighted by atomic mass is 16.5. The number of hydrogen-bond acceptors (Lipinski definition) is 6. The number of piperidine rings is 1. The molecule has 1 unspecified atom stereocenters. The number of rotatable bonds is 7. The third-order valence-electron chi connectivity index (χ3n) is 4.72. The van der Waals surface area contributed by atoms with Crippen molar-refractivity contribution in [2.24, 2.45) is 0 Å². The summed E-state index contributed by atoms with van der Waals surface area (Å²) in [5.74, 6) is -0.662. The summed E-state index contributed by atoms with van der Waals surface area (Å²) in [4.78, 5) is 24.2. The Kier molecular flexibility index (Phi) is 6.55. The van der Waals surface area contributed by atoms with Crippen molar-refractivity contribution in [2.75, 3.05) is 38.3 Å². The number of aromatic nitrogens is 2. The number of fused-ring (bicyclic) bond motifs is 1. The van der Waals surface area contributed by atoms with Crippen molar-refractivity contribution in [3.8, 4) is 6.07 Å². The summed E-state index contributed by atoms with van der Waals surface area (Å²) >= 11 is 0. The molecule has 1 aromatic carbocycles. The van der Waals surface area contributed by atoms with Crippen molar-refractivity contribution < 1.29 is 9.53 Å². The third kappa shape index (κ3) is 4.52. The highest BCUT2D eigenvalue weighted by Gasteiger charge is 2.29. The number of carbonyl (C=O) groups excluding carboxylic acids is 1. The van der Waals surface area contributed by atoms with E-state index in [-0.39, 0.29) is 5.91 Å². The quantitative estimate of drug-likeness (QED) is 0.756. The summed E-state index contributed by atoms with van der Waals surface area (Å²) in [5, 5.41) is 12.5. The summed E-state index contributed by atoms with van der Waals surface area (Å²) < 4.78 is 5.00. The minimum absolute atomic E-state index is 0.337. The maximum atomic E-state index is 12.6. The summed E-state index contributed by atoms with van der Waals surface area (Å²) in [6, 6.07) is 9.70. The lowest BCUT2D eigenvalue weighted by Crippen LogP contribution is -2.35. The third-order valence-corrected chi connectivity index (χ3v) is 4.72. The summed E-state index contributed by atoms with van der Waals surface area (Å²) in [6.07, 6.45) is 4.04. The minimum atomic E-state index is -0.985. The zero-order valence-corrected chi connectivity index (χ0v) is 15.6. The molecule has 3 rings (SSSR count). The number of hydrogen-bond donors (Lipinski definition) is 1. The molecular weight excluding hydrogens is 342 g/mol. The molecule has 0 bridgehead atoms. The van der Waals surface area contributed by atoms with Crippen molar-refractivity contribution >= 4 is 22.8 Å². The Balaban J connectivity index is 1.94. The Labute approximate surface area is 159 Å². The number of nitrogens with zero attached hydrogens (tertiary/aromatic N) is 4. The molecule has 7 nitrogen and oxygen atoms in total. The van der Waals surface area contributed by atoms with Gasteiger partial charge in [-0.1, -0.05) is 12.1 Å². The van der Waals surface area contributed by atoms with E-state index in [1.54, 1.807) is 7.11 Å². The lowest BCUT2D eigenvalue weighted by molar-refractivity contribution is -0.121. The van der Waals surface area contributed by atoms with Crippen LogP contribution in [-0.2, 0) is 9.53 Å². The van der Waals surface area contributed by atoms with Crippen molar-refractivity contribution in [3.63, 3.8) is 0 Å². The molecule has 2 aromatic rings. The number of nitrogens with one attached hydrogen (secondary N) is 1. The number of anilines is 1. The first-order chi connectivity index (χ1) is 13.2. The van der Waals surface area contributed by atoms with Gasteiger partial charge in [-0.15, -0.1) is 0 Å². The van der Waals surface area contributed by atoms with E-state index >= 15 is 0 Å². The van der Waals surface area contributed by atoms with E-state index in [9.17, 15) is 10.1 Å².